The molecule has 3 atom stereocenters. The number of fused-ring (bicyclic) bond motifs is 1. The quantitative estimate of drug-likeness (QED) is 0.134. The Labute approximate surface area is 257 Å². The van der Waals surface area contributed by atoms with Gasteiger partial charge in [-0.25, -0.2) is 8.78 Å². The predicted molar refractivity (Wildman–Crippen MR) is 152 cm³/mol. The molecule has 7 aliphatic rings. The lowest BCUT2D eigenvalue weighted by atomic mass is 9.48. The third-order valence-corrected chi connectivity index (χ3v) is 11.9. The fraction of sp³-hybridized carbons (Fsp3) is 0.441. The van der Waals surface area contributed by atoms with Crippen molar-refractivity contribution in [1.29, 1.82) is 0 Å². The zero-order valence-corrected chi connectivity index (χ0v) is 24.9. The number of carbonyl (C=O) groups excluding carboxylic acids is 1. The van der Waals surface area contributed by atoms with Gasteiger partial charge in [0.25, 0.3) is 0 Å². The van der Waals surface area contributed by atoms with Gasteiger partial charge >= 0.3 is 16.1 Å². The van der Waals surface area contributed by atoms with Gasteiger partial charge in [0.2, 0.25) is 11.6 Å². The SMILES string of the molecule is O=C(OCC12CC3CC(C1)CC(Oc1c(F)c(F)c(S(=O)(=O)O)c(F)c1F)(C3)C2)C1CC2c3ccccc3C1c1ccccc12. The molecule has 6 bridgehead atoms. The fourth-order valence-corrected chi connectivity index (χ4v) is 10.6. The smallest absolute Gasteiger partial charge is 0.309 e. The van der Waals surface area contributed by atoms with Crippen molar-refractivity contribution in [3.63, 3.8) is 0 Å². The van der Waals surface area contributed by atoms with Crippen molar-refractivity contribution in [3.8, 4) is 5.75 Å². The first kappa shape index (κ1) is 29.0. The van der Waals surface area contributed by atoms with Crippen molar-refractivity contribution in [1.82, 2.24) is 0 Å². The predicted octanol–water partition coefficient (Wildman–Crippen LogP) is 7.05. The minimum absolute atomic E-state index is 0.0901. The lowest BCUT2D eigenvalue weighted by Crippen LogP contribution is -2.59. The van der Waals surface area contributed by atoms with Crippen molar-refractivity contribution in [2.75, 3.05) is 6.61 Å². The van der Waals surface area contributed by atoms with Gasteiger partial charge in [0.1, 0.15) is 5.60 Å². The van der Waals surface area contributed by atoms with Crippen molar-refractivity contribution < 1.29 is 44.8 Å². The van der Waals surface area contributed by atoms with Crippen LogP contribution in [-0.4, -0.2) is 31.1 Å². The second-order valence-electron chi connectivity index (χ2n) is 13.9. The Hall–Kier alpha value is -3.44. The van der Waals surface area contributed by atoms with Gasteiger partial charge in [0, 0.05) is 17.3 Å². The molecule has 236 valence electrons. The minimum atomic E-state index is -5.58. The molecule has 3 unspecified atom stereocenters. The third-order valence-electron chi connectivity index (χ3n) is 11.0. The molecule has 0 saturated heterocycles. The molecular formula is C34H30F4O6S. The number of rotatable bonds is 6. The van der Waals surface area contributed by atoms with Crippen molar-refractivity contribution in [2.24, 2.45) is 23.2 Å². The number of halogens is 4. The molecule has 4 saturated carbocycles. The van der Waals surface area contributed by atoms with Gasteiger partial charge in [-0.3, -0.25) is 9.35 Å². The molecule has 3 aromatic carbocycles. The van der Waals surface area contributed by atoms with Crippen LogP contribution in [0.5, 0.6) is 5.75 Å². The lowest BCUT2D eigenvalue weighted by molar-refractivity contribution is -0.182. The maximum atomic E-state index is 15.0. The van der Waals surface area contributed by atoms with Crippen LogP contribution in [0, 0.1) is 46.4 Å². The molecule has 7 aliphatic carbocycles. The summed E-state index contributed by atoms with van der Waals surface area (Å²) >= 11 is 0. The summed E-state index contributed by atoms with van der Waals surface area (Å²) in [5.41, 5.74) is 3.03. The molecule has 0 amide bonds. The van der Waals surface area contributed by atoms with Gasteiger partial charge < -0.3 is 9.47 Å². The Morgan fingerprint density at radius 2 is 1.33 bits per heavy atom. The van der Waals surface area contributed by atoms with Crippen molar-refractivity contribution in [3.05, 3.63) is 94.1 Å². The summed E-state index contributed by atoms with van der Waals surface area (Å²) in [6.07, 6.45) is 3.97. The zero-order chi connectivity index (χ0) is 31.5. The van der Waals surface area contributed by atoms with Crippen LogP contribution < -0.4 is 4.74 Å². The molecule has 10 rings (SSSR count). The summed E-state index contributed by atoms with van der Waals surface area (Å²) in [6.45, 7) is 0.0938. The van der Waals surface area contributed by atoms with Gasteiger partial charge in [-0.05, 0) is 79.0 Å². The van der Waals surface area contributed by atoms with Crippen LogP contribution in [0.4, 0.5) is 17.6 Å². The minimum Gasteiger partial charge on any atom is -0.481 e. The summed E-state index contributed by atoms with van der Waals surface area (Å²) in [5, 5.41) is 0. The first-order valence-corrected chi connectivity index (χ1v) is 16.7. The van der Waals surface area contributed by atoms with Crippen LogP contribution >= 0.6 is 0 Å². The molecular weight excluding hydrogens is 612 g/mol. The van der Waals surface area contributed by atoms with Crippen LogP contribution in [0.15, 0.2) is 53.4 Å². The molecule has 0 aromatic heterocycles. The molecule has 1 N–H and O–H groups in total. The van der Waals surface area contributed by atoms with E-state index >= 15 is 8.78 Å². The Bertz CT molecular complexity index is 1790. The van der Waals surface area contributed by atoms with Crippen LogP contribution in [0.1, 0.15) is 79.0 Å². The second-order valence-corrected chi connectivity index (χ2v) is 15.2. The monoisotopic (exact) mass is 642 g/mol. The van der Waals surface area contributed by atoms with E-state index in [1.165, 1.54) is 11.1 Å². The maximum Gasteiger partial charge on any atom is 0.309 e. The Morgan fingerprint density at radius 3 is 1.87 bits per heavy atom. The van der Waals surface area contributed by atoms with Gasteiger partial charge in [-0.2, -0.15) is 17.2 Å². The highest BCUT2D eigenvalue weighted by atomic mass is 32.2. The molecule has 4 fully saturated rings. The van der Waals surface area contributed by atoms with E-state index < -0.39 is 55.0 Å². The van der Waals surface area contributed by atoms with E-state index in [0.717, 1.165) is 30.4 Å². The molecule has 0 aliphatic heterocycles. The van der Waals surface area contributed by atoms with Gasteiger partial charge in [-0.1, -0.05) is 48.5 Å². The molecule has 3 aromatic rings. The molecule has 0 heterocycles. The largest absolute Gasteiger partial charge is 0.481 e. The normalized spacial score (nSPS) is 32.2. The van der Waals surface area contributed by atoms with Crippen molar-refractivity contribution >= 4 is 16.1 Å². The van der Waals surface area contributed by atoms with Crippen LogP contribution in [0.3, 0.4) is 0 Å². The highest BCUT2D eigenvalue weighted by molar-refractivity contribution is 7.85. The number of benzene rings is 3. The van der Waals surface area contributed by atoms with Crippen LogP contribution in [0.25, 0.3) is 0 Å². The molecule has 11 heteroatoms. The standard InChI is InChI=1S/C34H30F4O6S/c35-26-28(37)31(45(40,41)42)29(38)27(36)30(26)44-34-13-17-9-18(14-34)12-33(11-17,15-34)16-43-32(39)24-10-23-19-5-1-3-7-21(19)25(24)22-8-4-2-6-20(22)23/h1-8,17-18,23-25H,9-16H2,(H,40,41,42). The summed E-state index contributed by atoms with van der Waals surface area (Å²) in [4.78, 5) is 11.7. The molecule has 0 spiro atoms. The van der Waals surface area contributed by atoms with Gasteiger partial charge in [0.15, 0.2) is 22.3 Å². The number of esters is 1. The number of hydrogen-bond acceptors (Lipinski definition) is 5. The van der Waals surface area contributed by atoms with E-state index in [-0.39, 0.29) is 48.6 Å². The van der Waals surface area contributed by atoms with E-state index in [9.17, 15) is 22.0 Å². The van der Waals surface area contributed by atoms with E-state index in [1.807, 2.05) is 24.3 Å². The highest BCUT2D eigenvalue weighted by Crippen LogP contribution is 2.63. The Balaban J connectivity index is 1.06. The van der Waals surface area contributed by atoms with Crippen LogP contribution in [-0.2, 0) is 19.6 Å². The second kappa shape index (κ2) is 9.78. The van der Waals surface area contributed by atoms with E-state index in [4.69, 9.17) is 14.0 Å². The average molecular weight is 643 g/mol. The zero-order valence-electron chi connectivity index (χ0n) is 24.1. The van der Waals surface area contributed by atoms with Crippen molar-refractivity contribution in [2.45, 2.75) is 67.3 Å². The van der Waals surface area contributed by atoms with Gasteiger partial charge in [0.05, 0.1) is 12.5 Å². The van der Waals surface area contributed by atoms with E-state index in [0.29, 0.717) is 19.3 Å². The molecule has 0 radical (unpaired) electrons. The average Bonchev–Trinajstić information content (AvgIpc) is 3.00. The lowest BCUT2D eigenvalue weighted by Gasteiger charge is -2.61. The summed E-state index contributed by atoms with van der Waals surface area (Å²) in [6, 6.07) is 16.4. The van der Waals surface area contributed by atoms with Crippen LogP contribution in [0.2, 0.25) is 0 Å². The number of ether oxygens (including phenoxy) is 2. The van der Waals surface area contributed by atoms with E-state index in [1.54, 1.807) is 0 Å². The van der Waals surface area contributed by atoms with Gasteiger partial charge in [-0.15, -0.1) is 0 Å². The summed E-state index contributed by atoms with van der Waals surface area (Å²) < 4.78 is 103. The Morgan fingerprint density at radius 1 is 0.800 bits per heavy atom. The third kappa shape index (κ3) is 4.36. The first-order valence-electron chi connectivity index (χ1n) is 15.3. The molecule has 45 heavy (non-hydrogen) atoms. The Kier molecular flexibility index (Phi) is 6.30. The maximum absolute atomic E-state index is 15.0. The summed E-state index contributed by atoms with van der Waals surface area (Å²) in [5.74, 6) is -10.4. The topological polar surface area (TPSA) is 89.9 Å². The van der Waals surface area contributed by atoms with E-state index in [2.05, 4.69) is 24.3 Å². The number of carbonyl (C=O) groups is 1. The number of hydrogen-bond donors (Lipinski definition) is 1. The molecule has 6 nitrogen and oxygen atoms in total. The first-order chi connectivity index (χ1) is 21.4. The highest BCUT2D eigenvalue weighted by Gasteiger charge is 2.60. The fourth-order valence-electron chi connectivity index (χ4n) is 9.98. The summed E-state index contributed by atoms with van der Waals surface area (Å²) in [7, 11) is -5.58.